The van der Waals surface area contributed by atoms with Crippen molar-refractivity contribution in [3.8, 4) is 11.5 Å². The minimum atomic E-state index is -0.462. The molecule has 0 radical (unpaired) electrons. The fourth-order valence-electron chi connectivity index (χ4n) is 2.84. The zero-order valence-electron chi connectivity index (χ0n) is 14.9. The molecule has 2 heterocycles. The average molecular weight is 416 g/mol. The number of anilines is 1. The lowest BCUT2D eigenvalue weighted by molar-refractivity contribution is 0.103. The molecule has 0 bridgehead atoms. The van der Waals surface area contributed by atoms with Gasteiger partial charge in [0.1, 0.15) is 16.4 Å². The minimum Gasteiger partial charge on any atom is -0.495 e. The molecule has 0 saturated heterocycles. The van der Waals surface area contributed by atoms with Crippen LogP contribution in [0.1, 0.15) is 9.67 Å². The van der Waals surface area contributed by atoms with Gasteiger partial charge in [-0.05, 0) is 18.2 Å². The number of amides is 1. The Hall–Kier alpha value is -3.10. The van der Waals surface area contributed by atoms with E-state index < -0.39 is 5.91 Å². The number of benzene rings is 2. The van der Waals surface area contributed by atoms with Crippen LogP contribution in [0.3, 0.4) is 0 Å². The molecule has 7 nitrogen and oxygen atoms in total. The molecular formula is C19H14ClN3O4S. The highest BCUT2D eigenvalue weighted by molar-refractivity contribution is 7.18. The Morgan fingerprint density at radius 3 is 2.64 bits per heavy atom. The van der Waals surface area contributed by atoms with Gasteiger partial charge in [-0.3, -0.25) is 14.0 Å². The molecule has 9 heteroatoms. The highest BCUT2D eigenvalue weighted by Crippen LogP contribution is 2.36. The first-order valence-corrected chi connectivity index (χ1v) is 9.35. The first-order chi connectivity index (χ1) is 13.5. The molecule has 0 atom stereocenters. The highest BCUT2D eigenvalue weighted by atomic mass is 35.5. The van der Waals surface area contributed by atoms with E-state index in [1.54, 1.807) is 6.07 Å². The van der Waals surface area contributed by atoms with Gasteiger partial charge >= 0.3 is 0 Å². The van der Waals surface area contributed by atoms with Crippen molar-refractivity contribution in [1.29, 1.82) is 0 Å². The van der Waals surface area contributed by atoms with Crippen molar-refractivity contribution in [2.45, 2.75) is 0 Å². The van der Waals surface area contributed by atoms with Crippen LogP contribution in [0.25, 0.3) is 16.0 Å². The number of hydrogen-bond donors (Lipinski definition) is 1. The SMILES string of the molecule is COc1cc(OC)c(NC(=O)c2cc(=O)n3c(nc4ccccc43)s2)cc1Cl. The molecule has 28 heavy (non-hydrogen) atoms. The van der Waals surface area contributed by atoms with E-state index in [0.29, 0.717) is 38.2 Å². The predicted molar refractivity (Wildman–Crippen MR) is 109 cm³/mol. The van der Waals surface area contributed by atoms with Crippen molar-refractivity contribution in [3.63, 3.8) is 0 Å². The third-order valence-corrected chi connectivity index (χ3v) is 5.43. The summed E-state index contributed by atoms with van der Waals surface area (Å²) in [6.45, 7) is 0. The van der Waals surface area contributed by atoms with E-state index in [9.17, 15) is 9.59 Å². The van der Waals surface area contributed by atoms with Crippen molar-refractivity contribution >= 4 is 50.5 Å². The van der Waals surface area contributed by atoms with Crippen LogP contribution in [0.4, 0.5) is 5.69 Å². The van der Waals surface area contributed by atoms with Crippen molar-refractivity contribution in [2.75, 3.05) is 19.5 Å². The quantitative estimate of drug-likeness (QED) is 0.547. The molecule has 0 fully saturated rings. The van der Waals surface area contributed by atoms with Crippen molar-refractivity contribution in [1.82, 2.24) is 9.38 Å². The summed E-state index contributed by atoms with van der Waals surface area (Å²) in [6, 6.07) is 11.7. The zero-order chi connectivity index (χ0) is 19.8. The Bertz CT molecular complexity index is 1280. The van der Waals surface area contributed by atoms with Crippen LogP contribution in [-0.4, -0.2) is 29.5 Å². The van der Waals surface area contributed by atoms with Crippen LogP contribution in [-0.2, 0) is 0 Å². The van der Waals surface area contributed by atoms with Gasteiger partial charge in [0, 0.05) is 12.1 Å². The monoisotopic (exact) mass is 415 g/mol. The number of ether oxygens (including phenoxy) is 2. The van der Waals surface area contributed by atoms with Gasteiger partial charge in [-0.2, -0.15) is 0 Å². The average Bonchev–Trinajstić information content (AvgIpc) is 3.07. The summed E-state index contributed by atoms with van der Waals surface area (Å²) in [4.78, 5) is 30.4. The maximum absolute atomic E-state index is 12.8. The summed E-state index contributed by atoms with van der Waals surface area (Å²) in [7, 11) is 2.96. The number of halogens is 1. The first kappa shape index (κ1) is 18.3. The van der Waals surface area contributed by atoms with Crippen LogP contribution in [0.2, 0.25) is 5.02 Å². The molecule has 0 aliphatic heterocycles. The molecule has 142 valence electrons. The second-order valence-corrected chi connectivity index (χ2v) is 7.22. The molecule has 1 N–H and O–H groups in total. The fourth-order valence-corrected chi connectivity index (χ4v) is 4.01. The number of rotatable bonds is 4. The summed E-state index contributed by atoms with van der Waals surface area (Å²) in [6.07, 6.45) is 0. The number of para-hydroxylation sites is 2. The maximum Gasteiger partial charge on any atom is 0.266 e. The summed E-state index contributed by atoms with van der Waals surface area (Å²) in [5, 5.41) is 3.05. The number of nitrogens with zero attached hydrogens (tertiary/aromatic N) is 2. The van der Waals surface area contributed by atoms with E-state index in [1.165, 1.54) is 30.8 Å². The van der Waals surface area contributed by atoms with Gasteiger partial charge in [-0.1, -0.05) is 35.1 Å². The fraction of sp³-hybridized carbons (Fsp3) is 0.105. The maximum atomic E-state index is 12.8. The number of hydrogen-bond acceptors (Lipinski definition) is 6. The topological polar surface area (TPSA) is 81.9 Å². The first-order valence-electron chi connectivity index (χ1n) is 8.16. The van der Waals surface area contributed by atoms with Gasteiger partial charge in [0.2, 0.25) is 0 Å². The normalized spacial score (nSPS) is 11.0. The predicted octanol–water partition coefficient (Wildman–Crippen LogP) is 3.83. The van der Waals surface area contributed by atoms with Crippen molar-refractivity contribution < 1.29 is 14.3 Å². The molecule has 0 aliphatic carbocycles. The lowest BCUT2D eigenvalue weighted by atomic mass is 10.2. The summed E-state index contributed by atoms with van der Waals surface area (Å²) < 4.78 is 11.9. The van der Waals surface area contributed by atoms with Crippen LogP contribution in [0.5, 0.6) is 11.5 Å². The third kappa shape index (κ3) is 3.06. The number of aromatic nitrogens is 2. The standard InChI is InChI=1S/C19H14ClN3O4S/c1-26-14-8-15(27-2)12(7-10(14)20)21-18(25)16-9-17(24)23-13-6-4-3-5-11(13)22-19(23)28-16/h3-9H,1-2H3,(H,21,25). The van der Waals surface area contributed by atoms with Crippen LogP contribution in [0.15, 0.2) is 47.3 Å². The number of fused-ring (bicyclic) bond motifs is 3. The number of nitrogens with one attached hydrogen (secondary N) is 1. The minimum absolute atomic E-state index is 0.224. The van der Waals surface area contributed by atoms with Gasteiger partial charge in [-0.15, -0.1) is 0 Å². The number of carbonyl (C=O) groups is 1. The second-order valence-electron chi connectivity index (χ2n) is 5.81. The molecular weight excluding hydrogens is 402 g/mol. The summed E-state index contributed by atoms with van der Waals surface area (Å²) in [5.41, 5.74) is 1.44. The van der Waals surface area contributed by atoms with E-state index in [4.69, 9.17) is 21.1 Å². The molecule has 0 spiro atoms. The van der Waals surface area contributed by atoms with Gasteiger partial charge in [0.15, 0.2) is 4.96 Å². The molecule has 2 aromatic carbocycles. The van der Waals surface area contributed by atoms with Crippen molar-refractivity contribution in [3.05, 3.63) is 62.7 Å². The second kappa shape index (κ2) is 7.14. The highest BCUT2D eigenvalue weighted by Gasteiger charge is 2.17. The summed E-state index contributed by atoms with van der Waals surface area (Å²) in [5.74, 6) is 0.345. The largest absolute Gasteiger partial charge is 0.495 e. The summed E-state index contributed by atoms with van der Waals surface area (Å²) >= 11 is 7.26. The van der Waals surface area contributed by atoms with Gasteiger partial charge in [0.05, 0.1) is 36.0 Å². The Balaban J connectivity index is 1.75. The molecule has 2 aromatic heterocycles. The Morgan fingerprint density at radius 2 is 1.89 bits per heavy atom. The van der Waals surface area contributed by atoms with Gasteiger partial charge in [0.25, 0.3) is 11.5 Å². The van der Waals surface area contributed by atoms with Crippen molar-refractivity contribution in [2.24, 2.45) is 0 Å². The van der Waals surface area contributed by atoms with Gasteiger partial charge < -0.3 is 14.8 Å². The van der Waals surface area contributed by atoms with E-state index in [1.807, 2.05) is 24.3 Å². The van der Waals surface area contributed by atoms with Crippen LogP contribution in [0, 0.1) is 0 Å². The lowest BCUT2D eigenvalue weighted by Crippen LogP contribution is -2.17. The molecule has 0 unspecified atom stereocenters. The molecule has 0 saturated carbocycles. The number of carbonyl (C=O) groups excluding carboxylic acids is 1. The van der Waals surface area contributed by atoms with E-state index in [2.05, 4.69) is 10.3 Å². The van der Waals surface area contributed by atoms with E-state index in [-0.39, 0.29) is 10.4 Å². The smallest absolute Gasteiger partial charge is 0.266 e. The third-order valence-electron chi connectivity index (χ3n) is 4.15. The number of methoxy groups -OCH3 is 2. The van der Waals surface area contributed by atoms with Crippen LogP contribution < -0.4 is 20.3 Å². The molecule has 4 rings (SSSR count). The molecule has 0 aliphatic rings. The zero-order valence-corrected chi connectivity index (χ0v) is 16.4. The van der Waals surface area contributed by atoms with Crippen LogP contribution >= 0.6 is 22.9 Å². The molecule has 1 amide bonds. The Morgan fingerprint density at radius 1 is 1.14 bits per heavy atom. The van der Waals surface area contributed by atoms with E-state index >= 15 is 0 Å². The Labute approximate surface area is 168 Å². The number of imidazole rings is 1. The lowest BCUT2D eigenvalue weighted by Gasteiger charge is -2.13. The Kier molecular flexibility index (Phi) is 4.66. The van der Waals surface area contributed by atoms with E-state index in [0.717, 1.165) is 11.3 Å². The molecule has 4 aromatic rings. The van der Waals surface area contributed by atoms with Gasteiger partial charge in [-0.25, -0.2) is 4.98 Å².